The molecular formula is C22H22F3N5O6S. The number of carbonyl (C=O) groups excluding carboxylic acids is 3. The largest absolute Gasteiger partial charge is 0.501 e. The summed E-state index contributed by atoms with van der Waals surface area (Å²) in [6, 6.07) is 4.69. The molecule has 0 radical (unpaired) electrons. The lowest BCUT2D eigenvalue weighted by Gasteiger charge is -2.26. The van der Waals surface area contributed by atoms with Crippen LogP contribution < -0.4 is 10.3 Å². The lowest BCUT2D eigenvalue weighted by atomic mass is 10.2. The Morgan fingerprint density at radius 1 is 1.14 bits per heavy atom. The average molecular weight is 542 g/mol. The highest BCUT2D eigenvalue weighted by Crippen LogP contribution is 2.32. The third-order valence-corrected chi connectivity index (χ3v) is 7.38. The number of carbonyl (C=O) groups is 3. The first-order valence-corrected chi connectivity index (χ1v) is 12.5. The van der Waals surface area contributed by atoms with Gasteiger partial charge < -0.3 is 9.64 Å². The van der Waals surface area contributed by atoms with E-state index in [0.717, 1.165) is 17.0 Å². The van der Waals surface area contributed by atoms with E-state index in [0.29, 0.717) is 44.0 Å². The number of anilines is 1. The number of morpholine rings is 1. The zero-order valence-corrected chi connectivity index (χ0v) is 20.3. The Hall–Kier alpha value is -3.56. The molecule has 2 fully saturated rings. The fourth-order valence-electron chi connectivity index (χ4n) is 3.83. The van der Waals surface area contributed by atoms with Gasteiger partial charge in [-0.05, 0) is 48.9 Å². The minimum Gasteiger partial charge on any atom is -0.379 e. The highest BCUT2D eigenvalue weighted by Gasteiger charge is 2.47. The van der Waals surface area contributed by atoms with E-state index in [1.54, 1.807) is 11.1 Å². The quantitative estimate of drug-likeness (QED) is 0.548. The van der Waals surface area contributed by atoms with Gasteiger partial charge in [-0.25, -0.2) is 23.1 Å². The zero-order valence-electron chi connectivity index (χ0n) is 19.4. The first-order chi connectivity index (χ1) is 17.4. The van der Waals surface area contributed by atoms with E-state index >= 15 is 0 Å². The molecule has 0 aliphatic carbocycles. The van der Waals surface area contributed by atoms with Gasteiger partial charge in [-0.3, -0.25) is 20.0 Å². The summed E-state index contributed by atoms with van der Waals surface area (Å²) in [7, 11) is -5.57. The molecule has 1 atom stereocenters. The summed E-state index contributed by atoms with van der Waals surface area (Å²) in [6.07, 6.45) is 1.40. The van der Waals surface area contributed by atoms with Gasteiger partial charge in [0.15, 0.2) is 0 Å². The zero-order chi connectivity index (χ0) is 27.0. The first-order valence-electron chi connectivity index (χ1n) is 11.0. The first kappa shape index (κ1) is 26.5. The number of halogens is 3. The fourth-order valence-corrected chi connectivity index (χ4v) is 4.59. The predicted octanol–water partition coefficient (Wildman–Crippen LogP) is 1.71. The molecule has 2 aliphatic rings. The second-order valence-corrected chi connectivity index (χ2v) is 10.2. The van der Waals surface area contributed by atoms with Gasteiger partial charge in [0, 0.05) is 25.8 Å². The number of hydrogen-bond donors (Lipinski definition) is 1. The number of nitrogens with zero attached hydrogens (tertiary/aromatic N) is 4. The van der Waals surface area contributed by atoms with Crippen LogP contribution in [0.2, 0.25) is 0 Å². The molecule has 2 aromatic rings. The summed E-state index contributed by atoms with van der Waals surface area (Å²) in [4.78, 5) is 43.5. The van der Waals surface area contributed by atoms with Crippen molar-refractivity contribution in [3.05, 3.63) is 53.9 Å². The number of aromatic nitrogens is 1. The Balaban J connectivity index is 1.49. The number of ether oxygens (including phenoxy) is 1. The van der Waals surface area contributed by atoms with Gasteiger partial charge in [-0.15, -0.1) is 0 Å². The molecule has 4 rings (SSSR count). The second kappa shape index (κ2) is 10.1. The van der Waals surface area contributed by atoms with Crippen molar-refractivity contribution in [3.63, 3.8) is 0 Å². The molecule has 4 amide bonds. The van der Waals surface area contributed by atoms with Gasteiger partial charge in [0.1, 0.15) is 11.7 Å². The number of nitrogens with one attached hydrogen (secondary N) is 1. The fraction of sp³-hybridized carbons (Fsp3) is 0.364. The van der Waals surface area contributed by atoms with Crippen molar-refractivity contribution in [1.29, 1.82) is 0 Å². The minimum atomic E-state index is -5.57. The Morgan fingerprint density at radius 2 is 1.78 bits per heavy atom. The summed E-state index contributed by atoms with van der Waals surface area (Å²) in [5.41, 5.74) is -2.21. The van der Waals surface area contributed by atoms with E-state index in [1.807, 2.05) is 0 Å². The van der Waals surface area contributed by atoms with E-state index < -0.39 is 44.1 Å². The van der Waals surface area contributed by atoms with Gasteiger partial charge >= 0.3 is 11.5 Å². The van der Waals surface area contributed by atoms with Crippen molar-refractivity contribution in [2.45, 2.75) is 29.9 Å². The van der Waals surface area contributed by atoms with Crippen molar-refractivity contribution in [2.75, 3.05) is 31.2 Å². The van der Waals surface area contributed by atoms with E-state index in [-0.39, 0.29) is 17.9 Å². The van der Waals surface area contributed by atoms with Crippen LogP contribution in [0, 0.1) is 0 Å². The number of amides is 4. The number of pyridine rings is 1. The van der Waals surface area contributed by atoms with Crippen molar-refractivity contribution in [2.24, 2.45) is 0 Å². The highest BCUT2D eigenvalue weighted by atomic mass is 32.2. The molecule has 1 aromatic heterocycles. The third kappa shape index (κ3) is 5.28. The lowest BCUT2D eigenvalue weighted by Crippen LogP contribution is -2.48. The topological polar surface area (TPSA) is 129 Å². The number of urea groups is 1. The van der Waals surface area contributed by atoms with Crippen molar-refractivity contribution in [1.82, 2.24) is 20.3 Å². The minimum absolute atomic E-state index is 0.0524. The maximum absolute atomic E-state index is 13.1. The van der Waals surface area contributed by atoms with Crippen LogP contribution in [0.4, 0.5) is 23.7 Å². The molecule has 0 spiro atoms. The Morgan fingerprint density at radius 3 is 2.41 bits per heavy atom. The molecule has 11 nitrogen and oxygen atoms in total. The number of hydrazine groups is 1. The molecule has 198 valence electrons. The number of sulfone groups is 1. The van der Waals surface area contributed by atoms with Crippen molar-refractivity contribution >= 4 is 33.4 Å². The van der Waals surface area contributed by atoms with Crippen LogP contribution in [0.15, 0.2) is 47.5 Å². The summed E-state index contributed by atoms with van der Waals surface area (Å²) in [5.74, 6) is -1.09. The molecule has 1 aromatic carbocycles. The molecule has 37 heavy (non-hydrogen) atoms. The van der Waals surface area contributed by atoms with Crippen molar-refractivity contribution in [3.8, 4) is 0 Å². The summed E-state index contributed by atoms with van der Waals surface area (Å²) < 4.78 is 66.8. The molecule has 0 saturated carbocycles. The Labute approximate surface area is 209 Å². The normalized spacial score (nSPS) is 19.4. The number of benzene rings is 1. The molecular weight excluding hydrogens is 519 g/mol. The number of alkyl halides is 3. The SMILES string of the molecule is CC1C(=O)N(c2ccc(S(=O)(=O)C(F)(F)F)cc2)C(=O)N1Cc1ccnc(C(=O)NN2CCOCC2)c1. The smallest absolute Gasteiger partial charge is 0.379 e. The Bertz CT molecular complexity index is 1310. The molecule has 1 unspecified atom stereocenters. The van der Waals surface area contributed by atoms with Crippen LogP contribution in [0.1, 0.15) is 23.0 Å². The molecule has 2 saturated heterocycles. The second-order valence-electron chi connectivity index (χ2n) is 8.29. The maximum atomic E-state index is 13.1. The number of rotatable bonds is 6. The van der Waals surface area contributed by atoms with Crippen LogP contribution in [-0.2, 0) is 25.9 Å². The van der Waals surface area contributed by atoms with Crippen LogP contribution in [0.25, 0.3) is 0 Å². The lowest BCUT2D eigenvalue weighted by molar-refractivity contribution is -0.119. The van der Waals surface area contributed by atoms with Crippen LogP contribution >= 0.6 is 0 Å². The van der Waals surface area contributed by atoms with Gasteiger partial charge in [-0.2, -0.15) is 13.2 Å². The molecule has 3 heterocycles. The predicted molar refractivity (Wildman–Crippen MR) is 122 cm³/mol. The standard InChI is InChI=1S/C22H22F3N5O6S/c1-14-20(32)30(16-2-4-17(5-3-16)37(34,35)22(23,24)25)21(33)29(14)13-15-6-7-26-18(12-15)19(31)27-28-8-10-36-11-9-28/h2-7,12,14H,8-11,13H2,1H3,(H,27,31). The van der Waals surface area contributed by atoms with Gasteiger partial charge in [0.05, 0.1) is 23.8 Å². The van der Waals surface area contributed by atoms with E-state index in [2.05, 4.69) is 10.4 Å². The van der Waals surface area contributed by atoms with Crippen molar-refractivity contribution < 1.29 is 40.7 Å². The number of imide groups is 1. The van der Waals surface area contributed by atoms with E-state index in [1.165, 1.54) is 24.1 Å². The summed E-state index contributed by atoms with van der Waals surface area (Å²) in [6.45, 7) is 3.43. The molecule has 15 heteroatoms. The van der Waals surface area contributed by atoms with E-state index in [4.69, 9.17) is 4.74 Å². The van der Waals surface area contributed by atoms with Gasteiger partial charge in [0.25, 0.3) is 21.7 Å². The highest BCUT2D eigenvalue weighted by molar-refractivity contribution is 7.92. The third-order valence-electron chi connectivity index (χ3n) is 5.87. The molecule has 0 bridgehead atoms. The summed E-state index contributed by atoms with van der Waals surface area (Å²) in [5, 5.41) is 1.70. The van der Waals surface area contributed by atoms with Gasteiger partial charge in [0.2, 0.25) is 0 Å². The van der Waals surface area contributed by atoms with E-state index in [9.17, 15) is 36.0 Å². The van der Waals surface area contributed by atoms with Crippen LogP contribution in [0.5, 0.6) is 0 Å². The number of hydrogen-bond acceptors (Lipinski definition) is 8. The summed E-state index contributed by atoms with van der Waals surface area (Å²) >= 11 is 0. The molecule has 2 aliphatic heterocycles. The maximum Gasteiger partial charge on any atom is 0.501 e. The van der Waals surface area contributed by atoms with Crippen LogP contribution in [0.3, 0.4) is 0 Å². The van der Waals surface area contributed by atoms with Gasteiger partial charge in [-0.1, -0.05) is 0 Å². The van der Waals surface area contributed by atoms with Crippen LogP contribution in [-0.4, -0.2) is 79.0 Å². The average Bonchev–Trinajstić information content (AvgIpc) is 3.07. The molecule has 1 N–H and O–H groups in total. The monoisotopic (exact) mass is 541 g/mol. The Kier molecular flexibility index (Phi) is 7.21.